The number of benzene rings is 1. The van der Waals surface area contributed by atoms with Gasteiger partial charge in [-0.05, 0) is 24.3 Å². The lowest BCUT2D eigenvalue weighted by Crippen LogP contribution is -2.38. The Bertz CT molecular complexity index is 729. The van der Waals surface area contributed by atoms with Crippen molar-refractivity contribution in [1.29, 1.82) is 0 Å². The van der Waals surface area contributed by atoms with Crippen LogP contribution in [-0.4, -0.2) is 25.5 Å². The van der Waals surface area contributed by atoms with Crippen LogP contribution in [-0.2, 0) is 20.5 Å². The first-order valence-electron chi connectivity index (χ1n) is 7.14. The zero-order chi connectivity index (χ0) is 18.4. The molecule has 0 spiro atoms. The molecule has 0 aliphatic heterocycles. The van der Waals surface area contributed by atoms with Crippen LogP contribution in [0.15, 0.2) is 47.1 Å². The monoisotopic (exact) mass is 356 g/mol. The van der Waals surface area contributed by atoms with Crippen LogP contribution < -0.4 is 10.6 Å². The van der Waals surface area contributed by atoms with Crippen LogP contribution in [0.2, 0.25) is 0 Å². The molecule has 2 N–H and O–H groups in total. The molecule has 0 radical (unpaired) electrons. The van der Waals surface area contributed by atoms with Crippen molar-refractivity contribution in [2.24, 2.45) is 0 Å². The fourth-order valence-corrected chi connectivity index (χ4v) is 2.06. The number of hydrogen-bond donors (Lipinski definition) is 2. The maximum absolute atomic E-state index is 12.9. The molecular weight excluding hydrogens is 341 g/mol. The van der Waals surface area contributed by atoms with Crippen LogP contribution >= 0.6 is 0 Å². The number of methoxy groups -OCH3 is 1. The molecule has 1 aromatic carbocycles. The fraction of sp³-hybridized carbons (Fsp3) is 0.250. The summed E-state index contributed by atoms with van der Waals surface area (Å²) in [5, 5.41) is 4.24. The number of anilines is 1. The fourth-order valence-electron chi connectivity index (χ4n) is 2.06. The molecule has 0 saturated carbocycles. The van der Waals surface area contributed by atoms with Gasteiger partial charge in [0.15, 0.2) is 0 Å². The summed E-state index contributed by atoms with van der Waals surface area (Å²) in [7, 11) is 1.39. The Kier molecular flexibility index (Phi) is 5.81. The predicted molar refractivity (Wildman–Crippen MR) is 81.5 cm³/mol. The molecule has 0 bridgehead atoms. The summed E-state index contributed by atoms with van der Waals surface area (Å²) in [6, 6.07) is 7.63. The van der Waals surface area contributed by atoms with Gasteiger partial charge in [0.2, 0.25) is 0 Å². The molecule has 0 aliphatic carbocycles. The van der Waals surface area contributed by atoms with Crippen LogP contribution in [0.5, 0.6) is 0 Å². The highest BCUT2D eigenvalue weighted by molar-refractivity contribution is 6.39. The van der Waals surface area contributed by atoms with Gasteiger partial charge in [-0.1, -0.05) is 12.1 Å². The number of hydrogen-bond acceptors (Lipinski definition) is 4. The van der Waals surface area contributed by atoms with Gasteiger partial charge in [-0.2, -0.15) is 13.2 Å². The van der Waals surface area contributed by atoms with Crippen molar-refractivity contribution in [2.45, 2.75) is 12.3 Å². The van der Waals surface area contributed by atoms with Gasteiger partial charge in [0, 0.05) is 7.11 Å². The number of nitrogens with one attached hydrogen (secondary N) is 2. The molecule has 6 nitrogen and oxygen atoms in total. The molecule has 1 unspecified atom stereocenters. The number of halogens is 3. The van der Waals surface area contributed by atoms with E-state index in [0.717, 1.165) is 12.1 Å². The standard InChI is InChI=1S/C16H15F3N2O4/c1-24-13(12-7-4-8-25-12)9-20-14(22)15(23)21-11-6-3-2-5-10(11)16(17,18)19/h2-8,13H,9H2,1H3,(H,20,22)(H,21,23). The first kappa shape index (κ1) is 18.5. The molecule has 9 heteroatoms. The van der Waals surface area contributed by atoms with E-state index in [9.17, 15) is 22.8 Å². The summed E-state index contributed by atoms with van der Waals surface area (Å²) >= 11 is 0. The highest BCUT2D eigenvalue weighted by Gasteiger charge is 2.34. The highest BCUT2D eigenvalue weighted by atomic mass is 19.4. The Hall–Kier alpha value is -2.81. The third-order valence-corrected chi connectivity index (χ3v) is 3.28. The van der Waals surface area contributed by atoms with Crippen LogP contribution in [0.4, 0.5) is 18.9 Å². The summed E-state index contributed by atoms with van der Waals surface area (Å²) < 4.78 is 48.9. The molecule has 2 amide bonds. The first-order valence-corrected chi connectivity index (χ1v) is 7.14. The van der Waals surface area contributed by atoms with Crippen molar-refractivity contribution in [3.63, 3.8) is 0 Å². The first-order chi connectivity index (χ1) is 11.8. The molecule has 2 aromatic rings. The molecule has 0 fully saturated rings. The molecule has 2 rings (SSSR count). The Morgan fingerprint density at radius 1 is 1.16 bits per heavy atom. The quantitative estimate of drug-likeness (QED) is 0.808. The molecule has 25 heavy (non-hydrogen) atoms. The summed E-state index contributed by atoms with van der Waals surface area (Å²) in [5.41, 5.74) is -1.54. The minimum Gasteiger partial charge on any atom is -0.467 e. The molecule has 0 aliphatic rings. The number of rotatable bonds is 5. The van der Waals surface area contributed by atoms with Gasteiger partial charge in [0.1, 0.15) is 11.9 Å². The molecule has 134 valence electrons. The van der Waals surface area contributed by atoms with Gasteiger partial charge in [-0.15, -0.1) is 0 Å². The average Bonchev–Trinajstić information content (AvgIpc) is 3.09. The van der Waals surface area contributed by atoms with E-state index < -0.39 is 35.3 Å². The summed E-state index contributed by atoms with van der Waals surface area (Å²) in [4.78, 5) is 23.6. The number of carbonyl (C=O) groups is 2. The Morgan fingerprint density at radius 3 is 2.48 bits per heavy atom. The van der Waals surface area contributed by atoms with E-state index in [1.807, 2.05) is 5.32 Å². The van der Waals surface area contributed by atoms with Crippen LogP contribution in [0.25, 0.3) is 0 Å². The van der Waals surface area contributed by atoms with Crippen molar-refractivity contribution >= 4 is 17.5 Å². The van der Waals surface area contributed by atoms with Gasteiger partial charge < -0.3 is 19.8 Å². The molecule has 1 aromatic heterocycles. The lowest BCUT2D eigenvalue weighted by Gasteiger charge is -2.15. The maximum Gasteiger partial charge on any atom is 0.418 e. The number of furan rings is 1. The summed E-state index contributed by atoms with van der Waals surface area (Å²) in [6.45, 7) is -0.0861. The number of para-hydroxylation sites is 1. The second-order valence-corrected chi connectivity index (χ2v) is 4.95. The molecule has 1 heterocycles. The van der Waals surface area contributed by atoms with E-state index in [1.54, 1.807) is 12.1 Å². The van der Waals surface area contributed by atoms with Crippen molar-refractivity contribution in [1.82, 2.24) is 5.32 Å². The number of carbonyl (C=O) groups excluding carboxylic acids is 2. The second-order valence-electron chi connectivity index (χ2n) is 4.95. The number of alkyl halides is 3. The zero-order valence-electron chi connectivity index (χ0n) is 13.1. The van der Waals surface area contributed by atoms with E-state index in [4.69, 9.17) is 9.15 Å². The highest BCUT2D eigenvalue weighted by Crippen LogP contribution is 2.34. The Balaban J connectivity index is 1.98. The molecule has 1 atom stereocenters. The van der Waals surface area contributed by atoms with Crippen LogP contribution in [0.3, 0.4) is 0 Å². The Labute approximate surface area is 141 Å². The van der Waals surface area contributed by atoms with E-state index >= 15 is 0 Å². The third-order valence-electron chi connectivity index (χ3n) is 3.28. The summed E-state index contributed by atoms with van der Waals surface area (Å²) in [6.07, 6.45) is -3.86. The number of ether oxygens (including phenoxy) is 1. The lowest BCUT2D eigenvalue weighted by atomic mass is 10.1. The number of amides is 2. The topological polar surface area (TPSA) is 80.6 Å². The summed E-state index contributed by atoms with van der Waals surface area (Å²) in [5.74, 6) is -1.87. The van der Waals surface area contributed by atoms with Crippen molar-refractivity contribution in [3.05, 3.63) is 54.0 Å². The van der Waals surface area contributed by atoms with E-state index in [2.05, 4.69) is 5.32 Å². The molecule has 0 saturated heterocycles. The average molecular weight is 356 g/mol. The maximum atomic E-state index is 12.9. The normalized spacial score (nSPS) is 12.5. The van der Waals surface area contributed by atoms with Crippen molar-refractivity contribution < 1.29 is 31.9 Å². The van der Waals surface area contributed by atoms with E-state index in [-0.39, 0.29) is 6.54 Å². The minimum absolute atomic E-state index is 0.0861. The predicted octanol–water partition coefficient (Wildman–Crippen LogP) is 2.74. The van der Waals surface area contributed by atoms with Gasteiger partial charge in [0.05, 0.1) is 24.1 Å². The van der Waals surface area contributed by atoms with Gasteiger partial charge in [-0.25, -0.2) is 0 Å². The lowest BCUT2D eigenvalue weighted by molar-refractivity contribution is -0.138. The zero-order valence-corrected chi connectivity index (χ0v) is 13.1. The largest absolute Gasteiger partial charge is 0.467 e. The van der Waals surface area contributed by atoms with Crippen LogP contribution in [0.1, 0.15) is 17.4 Å². The van der Waals surface area contributed by atoms with E-state index in [1.165, 1.54) is 25.5 Å². The Morgan fingerprint density at radius 2 is 1.88 bits per heavy atom. The van der Waals surface area contributed by atoms with E-state index in [0.29, 0.717) is 5.76 Å². The van der Waals surface area contributed by atoms with Gasteiger partial charge in [-0.3, -0.25) is 9.59 Å². The molecular formula is C16H15F3N2O4. The third kappa shape index (κ3) is 4.83. The SMILES string of the molecule is COC(CNC(=O)C(=O)Nc1ccccc1C(F)(F)F)c1ccco1. The van der Waals surface area contributed by atoms with Crippen molar-refractivity contribution in [2.75, 3.05) is 19.0 Å². The van der Waals surface area contributed by atoms with Gasteiger partial charge >= 0.3 is 18.0 Å². The van der Waals surface area contributed by atoms with Crippen LogP contribution in [0, 0.1) is 0 Å². The second kappa shape index (κ2) is 7.84. The smallest absolute Gasteiger partial charge is 0.418 e. The van der Waals surface area contributed by atoms with Gasteiger partial charge in [0.25, 0.3) is 0 Å². The minimum atomic E-state index is -4.65. The van der Waals surface area contributed by atoms with Crippen molar-refractivity contribution in [3.8, 4) is 0 Å².